The molecule has 6 heteroatoms. The van der Waals surface area contributed by atoms with Crippen molar-refractivity contribution in [2.24, 2.45) is 35.5 Å². The molecule has 1 N–H and O–H groups in total. The number of aromatic nitrogens is 1. The van der Waals surface area contributed by atoms with E-state index in [4.69, 9.17) is 9.05 Å². The Hall–Kier alpha value is -0.740. The number of hydrogen-bond acceptors (Lipinski definition) is 5. The van der Waals surface area contributed by atoms with Crippen LogP contribution < -0.4 is 0 Å². The lowest BCUT2D eigenvalue weighted by atomic mass is 9.75. The van der Waals surface area contributed by atoms with Gasteiger partial charge in [0.15, 0.2) is 5.85 Å². The summed E-state index contributed by atoms with van der Waals surface area (Å²) < 4.78 is 27.4. The van der Waals surface area contributed by atoms with Crippen molar-refractivity contribution in [2.45, 2.75) is 98.1 Å². The van der Waals surface area contributed by atoms with E-state index in [0.29, 0.717) is 41.2 Å². The molecule has 2 aliphatic carbocycles. The first-order chi connectivity index (χ1) is 15.1. The minimum atomic E-state index is -3.88. The van der Waals surface area contributed by atoms with Crippen molar-refractivity contribution >= 4 is 7.60 Å². The molecule has 32 heavy (non-hydrogen) atoms. The standard InChI is InChI=1S/C26H44NO4P/c1-17(2)21-12-10-19(5)15-24(21)30-32(29,26(28)23-9-7-8-14-27-23)31-25-16-20(6)11-13-22(25)18(3)4/h7-9,14,17-22,24-26,28H,10-13,15-16H2,1-6H3/t19-,20-,21-,22+,24-,25-,26+,32?/m1/s1. The highest BCUT2D eigenvalue weighted by molar-refractivity contribution is 7.54. The highest BCUT2D eigenvalue weighted by Gasteiger charge is 2.46. The first-order valence-electron chi connectivity index (χ1n) is 12.7. The number of pyridine rings is 1. The maximum absolute atomic E-state index is 14.5. The molecule has 3 rings (SSSR count). The van der Waals surface area contributed by atoms with E-state index in [1.807, 2.05) is 0 Å². The number of rotatable bonds is 8. The molecule has 0 amide bonds. The second-order valence-corrected chi connectivity index (χ2v) is 13.1. The fourth-order valence-corrected chi connectivity index (χ4v) is 7.68. The monoisotopic (exact) mass is 465 g/mol. The molecular weight excluding hydrogens is 421 g/mol. The highest BCUT2D eigenvalue weighted by atomic mass is 31.2. The van der Waals surface area contributed by atoms with Gasteiger partial charge >= 0.3 is 7.60 Å². The first-order valence-corrected chi connectivity index (χ1v) is 14.3. The van der Waals surface area contributed by atoms with Gasteiger partial charge in [-0.1, -0.05) is 60.5 Å². The normalized spacial score (nSPS) is 34.4. The molecule has 0 spiro atoms. The number of aliphatic hydroxyl groups is 1. The van der Waals surface area contributed by atoms with Gasteiger partial charge in [0, 0.05) is 6.20 Å². The number of nitrogens with zero attached hydrogens (tertiary/aromatic N) is 1. The Morgan fingerprint density at radius 3 is 1.81 bits per heavy atom. The summed E-state index contributed by atoms with van der Waals surface area (Å²) in [4.78, 5) is 4.29. The zero-order chi connectivity index (χ0) is 23.5. The van der Waals surface area contributed by atoms with Gasteiger partial charge in [0.2, 0.25) is 0 Å². The number of aliphatic hydroxyl groups excluding tert-OH is 1. The smallest absolute Gasteiger partial charge is 0.365 e. The minimum Gasteiger partial charge on any atom is -0.375 e. The van der Waals surface area contributed by atoms with Crippen LogP contribution in [0.5, 0.6) is 0 Å². The molecule has 0 radical (unpaired) electrons. The number of hydrogen-bond donors (Lipinski definition) is 1. The SMILES string of the molecule is CC(C)[C@H]1CC[C@@H](C)C[C@H]1OP(=O)(O[C@@H]1C[C@H](C)CC[C@H]1C(C)C)[C@H](O)c1ccccn1. The van der Waals surface area contributed by atoms with Gasteiger partial charge in [0.25, 0.3) is 0 Å². The maximum Gasteiger partial charge on any atom is 0.365 e. The molecule has 0 saturated heterocycles. The molecule has 1 aromatic heterocycles. The van der Waals surface area contributed by atoms with Crippen LogP contribution >= 0.6 is 7.60 Å². The van der Waals surface area contributed by atoms with Crippen LogP contribution in [0.15, 0.2) is 24.4 Å². The molecule has 182 valence electrons. The van der Waals surface area contributed by atoms with Gasteiger partial charge in [-0.3, -0.25) is 9.55 Å². The zero-order valence-electron chi connectivity index (χ0n) is 20.8. The summed E-state index contributed by atoms with van der Waals surface area (Å²) in [6.07, 6.45) is 7.37. The van der Waals surface area contributed by atoms with Gasteiger partial charge in [-0.25, -0.2) is 0 Å². The molecule has 0 aliphatic heterocycles. The molecule has 8 atom stereocenters. The lowest BCUT2D eigenvalue weighted by molar-refractivity contribution is -0.0156. The maximum atomic E-state index is 14.5. The van der Waals surface area contributed by atoms with E-state index >= 15 is 0 Å². The Bertz CT molecular complexity index is 717. The summed E-state index contributed by atoms with van der Waals surface area (Å²) in [5.74, 6) is 1.11. The molecule has 2 aliphatic rings. The molecule has 2 saturated carbocycles. The second kappa shape index (κ2) is 11.1. The summed E-state index contributed by atoms with van der Waals surface area (Å²) in [5.41, 5.74) is 0.353. The van der Waals surface area contributed by atoms with Gasteiger partial charge in [-0.05, 0) is 73.3 Å². The third-order valence-corrected chi connectivity index (χ3v) is 9.73. The average Bonchev–Trinajstić information content (AvgIpc) is 2.73. The third-order valence-electron chi connectivity index (χ3n) is 7.74. The molecule has 0 aromatic carbocycles. The van der Waals surface area contributed by atoms with Crippen molar-refractivity contribution in [1.29, 1.82) is 0 Å². The van der Waals surface area contributed by atoms with Gasteiger partial charge in [0.1, 0.15) is 0 Å². The third kappa shape index (κ3) is 6.23. The van der Waals surface area contributed by atoms with Crippen molar-refractivity contribution in [1.82, 2.24) is 4.98 Å². The van der Waals surface area contributed by atoms with Crippen LogP contribution in [0.25, 0.3) is 0 Å². The summed E-state index contributed by atoms with van der Waals surface area (Å²) >= 11 is 0. The van der Waals surface area contributed by atoms with E-state index in [0.717, 1.165) is 38.5 Å². The van der Waals surface area contributed by atoms with Crippen molar-refractivity contribution in [3.63, 3.8) is 0 Å². The molecule has 2 fully saturated rings. The second-order valence-electron chi connectivity index (χ2n) is 11.1. The lowest BCUT2D eigenvalue weighted by Gasteiger charge is -2.42. The first kappa shape index (κ1) is 25.9. The predicted octanol–water partition coefficient (Wildman–Crippen LogP) is 7.22. The van der Waals surface area contributed by atoms with Crippen LogP contribution in [0.3, 0.4) is 0 Å². The van der Waals surface area contributed by atoms with Gasteiger partial charge in [-0.2, -0.15) is 0 Å². The molecule has 1 heterocycles. The van der Waals surface area contributed by atoms with Crippen molar-refractivity contribution in [3.8, 4) is 0 Å². The zero-order valence-corrected chi connectivity index (χ0v) is 21.7. The van der Waals surface area contributed by atoms with Crippen LogP contribution in [-0.4, -0.2) is 22.3 Å². The highest BCUT2D eigenvalue weighted by Crippen LogP contribution is 2.64. The van der Waals surface area contributed by atoms with Crippen LogP contribution in [0.1, 0.15) is 91.6 Å². The van der Waals surface area contributed by atoms with E-state index in [2.05, 4.69) is 46.5 Å². The Balaban J connectivity index is 1.92. The fourth-order valence-electron chi connectivity index (χ4n) is 5.68. The topological polar surface area (TPSA) is 68.7 Å². The van der Waals surface area contributed by atoms with Crippen LogP contribution in [0.4, 0.5) is 0 Å². The van der Waals surface area contributed by atoms with Gasteiger partial charge in [-0.15, -0.1) is 0 Å². The van der Waals surface area contributed by atoms with E-state index in [-0.39, 0.29) is 12.2 Å². The Kier molecular flexibility index (Phi) is 8.99. The van der Waals surface area contributed by atoms with Crippen LogP contribution in [-0.2, 0) is 13.6 Å². The molecule has 0 bridgehead atoms. The van der Waals surface area contributed by atoms with Gasteiger partial charge < -0.3 is 14.2 Å². The van der Waals surface area contributed by atoms with Crippen LogP contribution in [0, 0.1) is 35.5 Å². The van der Waals surface area contributed by atoms with Crippen molar-refractivity contribution in [2.75, 3.05) is 0 Å². The molecular formula is C26H44NO4P. The minimum absolute atomic E-state index is 0.179. The van der Waals surface area contributed by atoms with E-state index < -0.39 is 13.4 Å². The van der Waals surface area contributed by atoms with Crippen LogP contribution in [0.2, 0.25) is 0 Å². The molecule has 1 aromatic rings. The van der Waals surface area contributed by atoms with Gasteiger partial charge in [0.05, 0.1) is 17.9 Å². The van der Waals surface area contributed by atoms with Crippen molar-refractivity contribution in [3.05, 3.63) is 30.1 Å². The molecule has 5 nitrogen and oxygen atoms in total. The van der Waals surface area contributed by atoms with E-state index in [9.17, 15) is 9.67 Å². The Morgan fingerprint density at radius 2 is 1.41 bits per heavy atom. The summed E-state index contributed by atoms with van der Waals surface area (Å²) in [7, 11) is -3.88. The summed E-state index contributed by atoms with van der Waals surface area (Å²) in [5, 5.41) is 11.3. The van der Waals surface area contributed by atoms with E-state index in [1.54, 1.807) is 24.4 Å². The average molecular weight is 466 g/mol. The van der Waals surface area contributed by atoms with E-state index in [1.165, 1.54) is 0 Å². The fraction of sp³-hybridized carbons (Fsp3) is 0.808. The predicted molar refractivity (Wildman–Crippen MR) is 129 cm³/mol. The molecule has 1 unspecified atom stereocenters. The largest absolute Gasteiger partial charge is 0.375 e. The quantitative estimate of drug-likeness (QED) is 0.410. The Labute approximate surface area is 195 Å². The lowest BCUT2D eigenvalue weighted by Crippen LogP contribution is -2.37. The summed E-state index contributed by atoms with van der Waals surface area (Å²) in [6, 6.07) is 5.30. The Morgan fingerprint density at radius 1 is 0.906 bits per heavy atom. The van der Waals surface area contributed by atoms with Crippen molar-refractivity contribution < 1.29 is 18.7 Å². The summed E-state index contributed by atoms with van der Waals surface area (Å²) in [6.45, 7) is 13.3.